The van der Waals surface area contributed by atoms with E-state index >= 15 is 0 Å². The Kier molecular flexibility index (Phi) is 6.48. The smallest absolute Gasteiger partial charge is 0.0102 e. The van der Waals surface area contributed by atoms with Crippen molar-refractivity contribution < 1.29 is 0 Å². The second-order valence-electron chi connectivity index (χ2n) is 4.38. The molecule has 0 aliphatic carbocycles. The molecule has 1 saturated heterocycles. The third-order valence-electron chi connectivity index (χ3n) is 2.88. The average molecular weight is 233 g/mol. The molecule has 1 aliphatic rings. The molecule has 1 rings (SSSR count). The minimum absolute atomic E-state index is 0.224. The molecule has 0 aromatic rings. The van der Waals surface area contributed by atoms with Crippen molar-refractivity contribution in [3.63, 3.8) is 0 Å². The van der Waals surface area contributed by atoms with Gasteiger partial charge in [0.05, 0.1) is 0 Å². The minimum Gasteiger partial charge on any atom is -0.303 e. The van der Waals surface area contributed by atoms with Gasteiger partial charge in [-0.05, 0) is 45.4 Å². The summed E-state index contributed by atoms with van der Waals surface area (Å²) in [7, 11) is 0.224. The standard InChI is InChI=1S/C11H24NPS/c1-11(2)13(3)14-10-9-12-7-5-4-6-8-12/h11H,4-10H2,1-3H3. The zero-order valence-electron chi connectivity index (χ0n) is 9.83. The predicted molar refractivity (Wildman–Crippen MR) is 70.7 cm³/mol. The fourth-order valence-corrected chi connectivity index (χ4v) is 4.58. The summed E-state index contributed by atoms with van der Waals surface area (Å²) >= 11 is 2.20. The summed E-state index contributed by atoms with van der Waals surface area (Å²) < 4.78 is 0. The van der Waals surface area contributed by atoms with E-state index in [0.29, 0.717) is 0 Å². The largest absolute Gasteiger partial charge is 0.303 e. The van der Waals surface area contributed by atoms with Gasteiger partial charge < -0.3 is 4.90 Å². The van der Waals surface area contributed by atoms with E-state index in [2.05, 4.69) is 36.8 Å². The van der Waals surface area contributed by atoms with Crippen LogP contribution in [-0.4, -0.2) is 42.6 Å². The molecule has 0 radical (unpaired) electrons. The number of rotatable bonds is 5. The number of nitrogens with zero attached hydrogens (tertiary/aromatic N) is 1. The van der Waals surface area contributed by atoms with Crippen LogP contribution in [0.1, 0.15) is 33.1 Å². The molecule has 0 spiro atoms. The molecule has 0 N–H and O–H groups in total. The molecule has 0 aromatic heterocycles. The van der Waals surface area contributed by atoms with E-state index in [1.807, 2.05) is 0 Å². The van der Waals surface area contributed by atoms with Crippen LogP contribution in [-0.2, 0) is 0 Å². The molecule has 0 saturated carbocycles. The van der Waals surface area contributed by atoms with Crippen molar-refractivity contribution in [1.29, 1.82) is 0 Å². The summed E-state index contributed by atoms with van der Waals surface area (Å²) in [5.74, 6) is 1.35. The van der Waals surface area contributed by atoms with Crippen LogP contribution in [0.3, 0.4) is 0 Å². The van der Waals surface area contributed by atoms with Gasteiger partial charge in [-0.3, -0.25) is 0 Å². The first kappa shape index (κ1) is 12.8. The molecule has 1 nitrogen and oxygen atoms in total. The molecule has 84 valence electrons. The van der Waals surface area contributed by atoms with Crippen LogP contribution in [0.15, 0.2) is 0 Å². The van der Waals surface area contributed by atoms with E-state index in [1.165, 1.54) is 44.6 Å². The monoisotopic (exact) mass is 233 g/mol. The van der Waals surface area contributed by atoms with Gasteiger partial charge in [0, 0.05) is 12.3 Å². The highest BCUT2D eigenvalue weighted by molar-refractivity contribution is 8.55. The SMILES string of the molecule is CC(C)P(C)SCCN1CCCCC1. The molecular formula is C11H24NPS. The van der Waals surface area contributed by atoms with Crippen molar-refractivity contribution >= 4 is 18.5 Å². The number of hydrogen-bond acceptors (Lipinski definition) is 2. The van der Waals surface area contributed by atoms with Crippen LogP contribution < -0.4 is 0 Å². The highest BCUT2D eigenvalue weighted by Gasteiger charge is 2.11. The fraction of sp³-hybridized carbons (Fsp3) is 1.00. The van der Waals surface area contributed by atoms with Gasteiger partial charge in [-0.15, -0.1) is 11.4 Å². The van der Waals surface area contributed by atoms with E-state index in [4.69, 9.17) is 0 Å². The Morgan fingerprint density at radius 1 is 1.21 bits per heavy atom. The highest BCUT2D eigenvalue weighted by atomic mass is 32.7. The van der Waals surface area contributed by atoms with Gasteiger partial charge in [0.2, 0.25) is 0 Å². The van der Waals surface area contributed by atoms with Crippen molar-refractivity contribution in [1.82, 2.24) is 4.90 Å². The quantitative estimate of drug-likeness (QED) is 0.667. The summed E-state index contributed by atoms with van der Waals surface area (Å²) in [5, 5.41) is 0. The van der Waals surface area contributed by atoms with E-state index in [9.17, 15) is 0 Å². The normalized spacial score (nSPS) is 21.4. The second kappa shape index (κ2) is 7.09. The minimum atomic E-state index is 0.224. The van der Waals surface area contributed by atoms with Gasteiger partial charge >= 0.3 is 0 Å². The number of likely N-dealkylation sites (tertiary alicyclic amines) is 1. The van der Waals surface area contributed by atoms with Crippen molar-refractivity contribution in [3.8, 4) is 0 Å². The Morgan fingerprint density at radius 2 is 1.86 bits per heavy atom. The summed E-state index contributed by atoms with van der Waals surface area (Å²) in [5.41, 5.74) is 0.886. The maximum absolute atomic E-state index is 2.64. The number of hydrogen-bond donors (Lipinski definition) is 0. The Hall–Kier alpha value is 0.740. The lowest BCUT2D eigenvalue weighted by Gasteiger charge is -2.27. The maximum Gasteiger partial charge on any atom is 0.0102 e. The second-order valence-corrected chi connectivity index (χ2v) is 9.67. The molecule has 0 bridgehead atoms. The molecule has 14 heavy (non-hydrogen) atoms. The first-order chi connectivity index (χ1) is 6.70. The van der Waals surface area contributed by atoms with E-state index in [-0.39, 0.29) is 7.12 Å². The lowest BCUT2D eigenvalue weighted by Crippen LogP contribution is -2.31. The van der Waals surface area contributed by atoms with Crippen LogP contribution >= 0.6 is 18.5 Å². The Morgan fingerprint density at radius 3 is 2.43 bits per heavy atom. The van der Waals surface area contributed by atoms with Crippen molar-refractivity contribution in [2.24, 2.45) is 0 Å². The predicted octanol–water partition coefficient (Wildman–Crippen LogP) is 3.64. The van der Waals surface area contributed by atoms with Crippen molar-refractivity contribution in [3.05, 3.63) is 0 Å². The Labute approximate surface area is 94.5 Å². The van der Waals surface area contributed by atoms with E-state index in [1.54, 1.807) is 0 Å². The lowest BCUT2D eigenvalue weighted by atomic mass is 10.1. The molecule has 1 atom stereocenters. The first-order valence-electron chi connectivity index (χ1n) is 5.78. The van der Waals surface area contributed by atoms with Crippen LogP contribution in [0.5, 0.6) is 0 Å². The van der Waals surface area contributed by atoms with Gasteiger partial charge in [-0.1, -0.05) is 20.3 Å². The van der Waals surface area contributed by atoms with Gasteiger partial charge in [0.1, 0.15) is 0 Å². The van der Waals surface area contributed by atoms with E-state index < -0.39 is 0 Å². The zero-order chi connectivity index (χ0) is 10.4. The van der Waals surface area contributed by atoms with E-state index in [0.717, 1.165) is 5.66 Å². The summed E-state index contributed by atoms with van der Waals surface area (Å²) in [6.07, 6.45) is 4.31. The van der Waals surface area contributed by atoms with Crippen LogP contribution in [0.4, 0.5) is 0 Å². The first-order valence-corrected chi connectivity index (χ1v) is 9.23. The molecule has 1 aliphatic heterocycles. The average Bonchev–Trinajstić information content (AvgIpc) is 2.19. The van der Waals surface area contributed by atoms with Crippen molar-refractivity contribution in [2.45, 2.75) is 38.8 Å². The van der Waals surface area contributed by atoms with Crippen LogP contribution in [0.25, 0.3) is 0 Å². The van der Waals surface area contributed by atoms with Gasteiger partial charge in [0.25, 0.3) is 0 Å². The lowest BCUT2D eigenvalue weighted by molar-refractivity contribution is 0.242. The molecule has 0 aromatic carbocycles. The molecule has 1 fully saturated rings. The Bertz CT molecular complexity index is 146. The van der Waals surface area contributed by atoms with Gasteiger partial charge in [-0.25, -0.2) is 0 Å². The summed E-state index contributed by atoms with van der Waals surface area (Å²) in [4.78, 5) is 2.64. The molecule has 0 amide bonds. The van der Waals surface area contributed by atoms with Gasteiger partial charge in [0.15, 0.2) is 0 Å². The fourth-order valence-electron chi connectivity index (χ4n) is 1.65. The Balaban J connectivity index is 2.02. The van der Waals surface area contributed by atoms with Gasteiger partial charge in [-0.2, -0.15) is 0 Å². The number of piperidine rings is 1. The summed E-state index contributed by atoms with van der Waals surface area (Å²) in [6.45, 7) is 11.1. The highest BCUT2D eigenvalue weighted by Crippen LogP contribution is 2.50. The third kappa shape index (κ3) is 5.00. The molecule has 1 heterocycles. The van der Waals surface area contributed by atoms with Crippen LogP contribution in [0.2, 0.25) is 0 Å². The molecule has 3 heteroatoms. The summed E-state index contributed by atoms with van der Waals surface area (Å²) in [6, 6.07) is 0. The topological polar surface area (TPSA) is 3.24 Å². The van der Waals surface area contributed by atoms with Crippen molar-refractivity contribution in [2.75, 3.05) is 32.1 Å². The van der Waals surface area contributed by atoms with Crippen LogP contribution in [0, 0.1) is 0 Å². The molecular weight excluding hydrogens is 209 g/mol. The third-order valence-corrected chi connectivity index (χ3v) is 8.14. The maximum atomic E-state index is 2.64. The molecule has 1 unspecified atom stereocenters. The zero-order valence-corrected chi connectivity index (χ0v) is 11.5.